The van der Waals surface area contributed by atoms with Crippen LogP contribution in [0.25, 0.3) is 11.6 Å². The molecule has 1 unspecified atom stereocenters. The second kappa shape index (κ2) is 5.20. The maximum absolute atomic E-state index is 5.94. The zero-order valence-electron chi connectivity index (χ0n) is 9.51. The number of nitrogens with zero attached hydrogens (tertiary/aromatic N) is 4. The van der Waals surface area contributed by atoms with Crippen molar-refractivity contribution in [3.63, 3.8) is 0 Å². The molecule has 0 bridgehead atoms. The zero-order valence-corrected chi connectivity index (χ0v) is 10.3. The van der Waals surface area contributed by atoms with Crippen molar-refractivity contribution in [3.05, 3.63) is 23.4 Å². The Bertz CT molecular complexity index is 501. The Kier molecular flexibility index (Phi) is 3.65. The first-order valence-electron chi connectivity index (χ1n) is 5.16. The fourth-order valence-corrected chi connectivity index (χ4v) is 1.46. The molecule has 1 atom stereocenters. The van der Waals surface area contributed by atoms with Crippen molar-refractivity contribution in [2.75, 3.05) is 7.05 Å². The van der Waals surface area contributed by atoms with Gasteiger partial charge in [0.25, 0.3) is 5.89 Å². The molecule has 0 radical (unpaired) electrons. The summed E-state index contributed by atoms with van der Waals surface area (Å²) in [6.07, 6.45) is 3.56. The lowest BCUT2D eigenvalue weighted by molar-refractivity contribution is 0.417. The van der Waals surface area contributed by atoms with Crippen LogP contribution in [0.3, 0.4) is 0 Å². The van der Waals surface area contributed by atoms with E-state index >= 15 is 0 Å². The number of rotatable bonds is 4. The van der Waals surface area contributed by atoms with E-state index in [1.54, 1.807) is 0 Å². The molecule has 0 saturated carbocycles. The van der Waals surface area contributed by atoms with E-state index in [1.165, 1.54) is 12.5 Å². The third kappa shape index (κ3) is 2.78. The van der Waals surface area contributed by atoms with Gasteiger partial charge in [-0.1, -0.05) is 16.8 Å². The first-order chi connectivity index (χ1) is 8.20. The monoisotopic (exact) mass is 253 g/mol. The highest BCUT2D eigenvalue weighted by Crippen LogP contribution is 2.22. The average Bonchev–Trinajstić information content (AvgIpc) is 2.78. The minimum Gasteiger partial charge on any atom is -0.332 e. The number of hydrogen-bond donors (Lipinski definition) is 1. The number of nitrogens with one attached hydrogen (secondary N) is 1. The summed E-state index contributed by atoms with van der Waals surface area (Å²) in [5.41, 5.74) is 0.456. The van der Waals surface area contributed by atoms with E-state index < -0.39 is 0 Å². The van der Waals surface area contributed by atoms with Crippen molar-refractivity contribution in [2.45, 2.75) is 19.4 Å². The largest absolute Gasteiger partial charge is 0.332 e. The molecule has 2 aromatic heterocycles. The van der Waals surface area contributed by atoms with E-state index in [-0.39, 0.29) is 6.04 Å². The molecular formula is C10H12ClN5O. The van der Waals surface area contributed by atoms with Crippen LogP contribution >= 0.6 is 11.6 Å². The van der Waals surface area contributed by atoms with E-state index in [9.17, 15) is 0 Å². The topological polar surface area (TPSA) is 76.7 Å². The normalized spacial score (nSPS) is 12.6. The summed E-state index contributed by atoms with van der Waals surface area (Å²) in [6, 6.07) is 0.279. The lowest BCUT2D eigenvalue weighted by atomic mass is 10.2. The summed E-state index contributed by atoms with van der Waals surface area (Å²) in [5.74, 6) is 0.937. The van der Waals surface area contributed by atoms with Gasteiger partial charge in [-0.2, -0.15) is 4.98 Å². The van der Waals surface area contributed by atoms with Crippen molar-refractivity contribution in [2.24, 2.45) is 0 Å². The second-order valence-corrected chi connectivity index (χ2v) is 4.04. The molecule has 0 spiro atoms. The Morgan fingerprint density at radius 1 is 1.53 bits per heavy atom. The third-order valence-electron chi connectivity index (χ3n) is 2.32. The molecule has 7 heteroatoms. The van der Waals surface area contributed by atoms with Gasteiger partial charge in [0.2, 0.25) is 0 Å². The smallest absolute Gasteiger partial charge is 0.278 e. The van der Waals surface area contributed by atoms with E-state index in [4.69, 9.17) is 16.1 Å². The maximum Gasteiger partial charge on any atom is 0.278 e. The predicted molar refractivity (Wildman–Crippen MR) is 62.6 cm³/mol. The molecule has 0 aliphatic heterocycles. The van der Waals surface area contributed by atoms with Gasteiger partial charge in [-0.15, -0.1) is 0 Å². The van der Waals surface area contributed by atoms with Gasteiger partial charge in [-0.05, 0) is 14.0 Å². The molecule has 90 valence electrons. The molecule has 17 heavy (non-hydrogen) atoms. The molecule has 0 aliphatic rings. The van der Waals surface area contributed by atoms with Crippen LogP contribution in [0, 0.1) is 0 Å². The van der Waals surface area contributed by atoms with Gasteiger partial charge in [0.15, 0.2) is 11.5 Å². The molecule has 0 fully saturated rings. The molecule has 0 amide bonds. The van der Waals surface area contributed by atoms with Crippen molar-refractivity contribution in [1.29, 1.82) is 0 Å². The van der Waals surface area contributed by atoms with Gasteiger partial charge >= 0.3 is 0 Å². The van der Waals surface area contributed by atoms with Crippen LogP contribution in [0.5, 0.6) is 0 Å². The van der Waals surface area contributed by atoms with Gasteiger partial charge < -0.3 is 9.84 Å². The van der Waals surface area contributed by atoms with Crippen LogP contribution in [-0.2, 0) is 6.42 Å². The lowest BCUT2D eigenvalue weighted by Gasteiger charge is -2.04. The number of likely N-dealkylation sites (N-methyl/N-ethyl adjacent to an activating group) is 1. The average molecular weight is 254 g/mol. The van der Waals surface area contributed by atoms with Crippen molar-refractivity contribution < 1.29 is 4.52 Å². The van der Waals surface area contributed by atoms with Gasteiger partial charge in [0.1, 0.15) is 6.33 Å². The van der Waals surface area contributed by atoms with Crippen LogP contribution in [0.4, 0.5) is 0 Å². The summed E-state index contributed by atoms with van der Waals surface area (Å²) in [7, 11) is 1.88. The van der Waals surface area contributed by atoms with E-state index in [0.717, 1.165) is 0 Å². The summed E-state index contributed by atoms with van der Waals surface area (Å²) >= 11 is 5.94. The van der Waals surface area contributed by atoms with E-state index in [1.807, 2.05) is 14.0 Å². The third-order valence-corrected chi connectivity index (χ3v) is 2.60. The molecular weight excluding hydrogens is 242 g/mol. The standard InChI is InChI=1S/C10H12ClN5O/c1-6(12-2)3-8-15-10(17-16-8)9-7(11)4-13-5-14-9/h4-6,12H,3H2,1-2H3. The number of hydrogen-bond acceptors (Lipinski definition) is 6. The second-order valence-electron chi connectivity index (χ2n) is 3.63. The van der Waals surface area contributed by atoms with Crippen LogP contribution in [0.1, 0.15) is 12.7 Å². The maximum atomic E-state index is 5.94. The first kappa shape index (κ1) is 11.9. The van der Waals surface area contributed by atoms with Crippen LogP contribution in [0.2, 0.25) is 5.02 Å². The number of halogens is 1. The zero-order chi connectivity index (χ0) is 12.3. The van der Waals surface area contributed by atoms with E-state index in [2.05, 4.69) is 25.4 Å². The molecule has 2 aromatic rings. The molecule has 1 N–H and O–H groups in total. The molecule has 0 saturated heterocycles. The Labute approximate surface area is 103 Å². The fraction of sp³-hybridized carbons (Fsp3) is 0.400. The minimum atomic E-state index is 0.279. The first-order valence-corrected chi connectivity index (χ1v) is 5.54. The highest BCUT2D eigenvalue weighted by molar-refractivity contribution is 6.32. The summed E-state index contributed by atoms with van der Waals surface area (Å²) < 4.78 is 5.11. The SMILES string of the molecule is CNC(C)Cc1noc(-c2ncncc2Cl)n1. The fourth-order valence-electron chi connectivity index (χ4n) is 1.28. The highest BCUT2D eigenvalue weighted by Gasteiger charge is 2.14. The predicted octanol–water partition coefficient (Wildman–Crippen LogP) is 1.33. The Balaban J connectivity index is 2.21. The van der Waals surface area contributed by atoms with Crippen LogP contribution < -0.4 is 5.32 Å². The minimum absolute atomic E-state index is 0.279. The molecule has 6 nitrogen and oxygen atoms in total. The molecule has 0 aromatic carbocycles. The molecule has 0 aliphatic carbocycles. The number of aromatic nitrogens is 4. The molecule has 2 rings (SSSR count). The van der Waals surface area contributed by atoms with Gasteiger partial charge in [0, 0.05) is 18.7 Å². The summed E-state index contributed by atoms with van der Waals surface area (Å²) in [6.45, 7) is 2.04. The van der Waals surface area contributed by atoms with Gasteiger partial charge in [0.05, 0.1) is 5.02 Å². The van der Waals surface area contributed by atoms with E-state index in [0.29, 0.717) is 28.9 Å². The summed E-state index contributed by atoms with van der Waals surface area (Å²) in [5, 5.41) is 7.37. The lowest BCUT2D eigenvalue weighted by Crippen LogP contribution is -2.24. The van der Waals surface area contributed by atoms with Crippen LogP contribution in [-0.4, -0.2) is 33.2 Å². The van der Waals surface area contributed by atoms with Gasteiger partial charge in [-0.25, -0.2) is 9.97 Å². The van der Waals surface area contributed by atoms with Crippen molar-refractivity contribution in [3.8, 4) is 11.6 Å². The van der Waals surface area contributed by atoms with Crippen molar-refractivity contribution in [1.82, 2.24) is 25.4 Å². The Morgan fingerprint density at radius 2 is 2.35 bits per heavy atom. The van der Waals surface area contributed by atoms with Crippen molar-refractivity contribution >= 4 is 11.6 Å². The Hall–Kier alpha value is -1.53. The van der Waals surface area contributed by atoms with Gasteiger partial charge in [-0.3, -0.25) is 0 Å². The highest BCUT2D eigenvalue weighted by atomic mass is 35.5. The summed E-state index contributed by atoms with van der Waals surface area (Å²) in [4.78, 5) is 12.0. The quantitative estimate of drug-likeness (QED) is 0.886. The Morgan fingerprint density at radius 3 is 3.06 bits per heavy atom. The molecule has 2 heterocycles. The van der Waals surface area contributed by atoms with Crippen LogP contribution in [0.15, 0.2) is 17.0 Å².